The Balaban J connectivity index is 0.000000497. The van der Waals surface area contributed by atoms with Crippen LogP contribution in [-0.2, 0) is 43.0 Å². The zero-order valence-electron chi connectivity index (χ0n) is 41.7. The number of benzene rings is 1. The number of nitro benzene ring substituents is 1. The smallest absolute Gasteiger partial charge is 0.870 e. The quantitative estimate of drug-likeness (QED) is 0.0218. The second-order valence-corrected chi connectivity index (χ2v) is 18.0. The molecule has 0 unspecified atom stereocenters. The third-order valence-electron chi connectivity index (χ3n) is 13.0. The van der Waals surface area contributed by atoms with Gasteiger partial charge in [0.05, 0.1) is 36.3 Å². The molecular formula is C51H72LiN5O14. The molecule has 5 rings (SSSR count). The first-order valence-electron chi connectivity index (χ1n) is 24.2. The Morgan fingerprint density at radius 3 is 1.56 bits per heavy atom. The van der Waals surface area contributed by atoms with Gasteiger partial charge in [-0.05, 0) is 77.3 Å². The summed E-state index contributed by atoms with van der Waals surface area (Å²) in [7, 11) is 0. The van der Waals surface area contributed by atoms with Crippen molar-refractivity contribution >= 4 is 47.2 Å². The number of esters is 3. The molecular weight excluding hydrogens is 914 g/mol. The van der Waals surface area contributed by atoms with E-state index in [1.165, 1.54) is 34.1 Å². The molecule has 0 bridgehead atoms. The van der Waals surface area contributed by atoms with Crippen LogP contribution >= 0.6 is 0 Å². The molecule has 2 heterocycles. The monoisotopic (exact) mass is 986 g/mol. The van der Waals surface area contributed by atoms with Gasteiger partial charge in [0.25, 0.3) is 5.69 Å². The van der Waals surface area contributed by atoms with Crippen molar-refractivity contribution in [2.45, 2.75) is 152 Å². The van der Waals surface area contributed by atoms with E-state index in [4.69, 9.17) is 14.2 Å². The number of amides is 4. The van der Waals surface area contributed by atoms with Gasteiger partial charge in [-0.3, -0.25) is 29.3 Å². The molecule has 2 aliphatic carbocycles. The van der Waals surface area contributed by atoms with Crippen molar-refractivity contribution in [2.75, 3.05) is 26.3 Å². The number of aliphatic hydroxyl groups is 1. The van der Waals surface area contributed by atoms with Crippen LogP contribution in [0.1, 0.15) is 127 Å². The maximum absolute atomic E-state index is 13.5. The molecule has 4 fully saturated rings. The number of nitrogens with one attached hydrogen (secondary N) is 2. The number of carbonyl (C=O) groups is 7. The topological polar surface area (TPSA) is 271 Å². The molecule has 1 aromatic rings. The summed E-state index contributed by atoms with van der Waals surface area (Å²) < 4.78 is 15.9. The van der Waals surface area contributed by atoms with Crippen molar-refractivity contribution in [1.82, 2.24) is 20.4 Å². The molecule has 2 saturated heterocycles. The van der Waals surface area contributed by atoms with Crippen LogP contribution < -0.4 is 29.5 Å². The number of ether oxygens (including phenoxy) is 3. The minimum Gasteiger partial charge on any atom is -0.870 e. The number of non-ortho nitro benzene ring substituents is 1. The van der Waals surface area contributed by atoms with Crippen LogP contribution in [0.2, 0.25) is 0 Å². The van der Waals surface area contributed by atoms with E-state index in [1.807, 2.05) is 12.2 Å². The number of carbonyl (C=O) groups excluding carboxylic acids is 7. The van der Waals surface area contributed by atoms with Crippen molar-refractivity contribution in [3.63, 3.8) is 0 Å². The molecule has 0 radical (unpaired) electrons. The molecule has 386 valence electrons. The van der Waals surface area contributed by atoms with Gasteiger partial charge in [-0.15, -0.1) is 26.3 Å². The summed E-state index contributed by atoms with van der Waals surface area (Å²) in [4.78, 5) is 103. The van der Waals surface area contributed by atoms with E-state index in [9.17, 15) is 48.8 Å². The number of hydrogen-bond donors (Lipinski definition) is 3. The number of unbranched alkanes of at least 4 members (excludes halogenated alkanes) is 8. The summed E-state index contributed by atoms with van der Waals surface area (Å²) in [6.45, 7) is 18.8. The van der Waals surface area contributed by atoms with E-state index in [2.05, 4.69) is 36.9 Å². The second kappa shape index (κ2) is 29.7. The first-order chi connectivity index (χ1) is 33.0. The predicted octanol–water partition coefficient (Wildman–Crippen LogP) is 2.80. The van der Waals surface area contributed by atoms with E-state index >= 15 is 0 Å². The average Bonchev–Trinajstić information content (AvgIpc) is 4.12. The number of nitro groups is 1. The fourth-order valence-electron chi connectivity index (χ4n) is 8.94. The number of β-amino-alcohol motifs (C(OH)–C–C–N with tert-alkyl or cyclic N) is 1. The third kappa shape index (κ3) is 16.7. The summed E-state index contributed by atoms with van der Waals surface area (Å²) in [6.07, 6.45) is 16.2. The second-order valence-electron chi connectivity index (χ2n) is 18.0. The van der Waals surface area contributed by atoms with Gasteiger partial charge in [0.15, 0.2) is 0 Å². The van der Waals surface area contributed by atoms with Crippen molar-refractivity contribution in [1.29, 1.82) is 0 Å². The average molecular weight is 986 g/mol. The molecule has 0 spiro atoms. The minimum atomic E-state index is -1.22. The number of nitrogens with zero attached hydrogens (tertiary/aromatic N) is 3. The van der Waals surface area contributed by atoms with E-state index in [-0.39, 0.29) is 105 Å². The molecule has 8 atom stereocenters. The fraction of sp³-hybridized carbons (Fsp3) is 0.588. The van der Waals surface area contributed by atoms with Crippen LogP contribution in [0, 0.1) is 22.0 Å². The van der Waals surface area contributed by atoms with Crippen molar-refractivity contribution in [3.05, 3.63) is 90.6 Å². The van der Waals surface area contributed by atoms with E-state index in [0.717, 1.165) is 57.8 Å². The van der Waals surface area contributed by atoms with Crippen LogP contribution in [-0.4, -0.2) is 129 Å². The van der Waals surface area contributed by atoms with Gasteiger partial charge in [0.1, 0.15) is 29.3 Å². The normalized spacial score (nSPS) is 24.4. The number of aliphatic hydroxyl groups excluding tert-OH is 1. The molecule has 4 N–H and O–H groups in total. The molecule has 20 heteroatoms. The number of likely N-dealkylation sites (tertiary alicyclic amines) is 2. The number of hydrogen-bond acceptors (Lipinski definition) is 14. The van der Waals surface area contributed by atoms with Gasteiger partial charge in [-0.2, -0.15) is 0 Å². The summed E-state index contributed by atoms with van der Waals surface area (Å²) in [5, 5.41) is 26.5. The Morgan fingerprint density at radius 2 is 1.15 bits per heavy atom. The Morgan fingerprint density at radius 1 is 0.718 bits per heavy atom. The van der Waals surface area contributed by atoms with Gasteiger partial charge in [-0.25, -0.2) is 14.4 Å². The van der Waals surface area contributed by atoms with Gasteiger partial charge < -0.3 is 45.2 Å². The molecule has 0 aromatic heterocycles. The third-order valence-corrected chi connectivity index (χ3v) is 13.0. The largest absolute Gasteiger partial charge is 1.00 e. The fourth-order valence-corrected chi connectivity index (χ4v) is 8.94. The van der Waals surface area contributed by atoms with Crippen molar-refractivity contribution in [2.24, 2.45) is 11.8 Å². The van der Waals surface area contributed by atoms with E-state index in [1.54, 1.807) is 26.0 Å². The van der Waals surface area contributed by atoms with Crippen LogP contribution in [0.5, 0.6) is 0 Å². The van der Waals surface area contributed by atoms with Crippen LogP contribution in [0.4, 0.5) is 5.69 Å². The summed E-state index contributed by atoms with van der Waals surface area (Å²) >= 11 is 0. The molecule has 2 saturated carbocycles. The van der Waals surface area contributed by atoms with Gasteiger partial charge in [0, 0.05) is 56.2 Å². The zero-order chi connectivity index (χ0) is 50.7. The summed E-state index contributed by atoms with van der Waals surface area (Å²) in [5.41, 5.74) is -2.36. The Kier molecular flexibility index (Phi) is 25.7. The number of allylic oxidation sites excluding steroid dienone is 2. The van der Waals surface area contributed by atoms with E-state index in [0.29, 0.717) is 25.7 Å². The van der Waals surface area contributed by atoms with Gasteiger partial charge >= 0.3 is 36.8 Å². The first-order valence-corrected chi connectivity index (χ1v) is 24.2. The molecule has 4 amide bonds. The minimum absolute atomic E-state index is 0. The maximum atomic E-state index is 13.5. The molecule has 2 aliphatic heterocycles. The number of rotatable bonds is 27. The van der Waals surface area contributed by atoms with Gasteiger partial charge in [-0.1, -0.05) is 50.0 Å². The Labute approximate surface area is 428 Å². The van der Waals surface area contributed by atoms with Crippen LogP contribution in [0.25, 0.3) is 0 Å². The zero-order valence-corrected chi connectivity index (χ0v) is 41.7. The van der Waals surface area contributed by atoms with Crippen LogP contribution in [0.15, 0.2) is 74.9 Å². The first kappa shape index (κ1) is 61.5. The standard InChI is InChI=1S/C29H37N3O8.C22H34N2O5.Li.H2O/c1-4-7-8-9-10-11-12-25(33)31-19-23(40-27(35)20-13-15-22(16-14-20)32(37)38)17-24(31)26(34)30-29(18-21(29)5-2)28(36)39-6-3;1-4-7-8-9-10-11-12-19(26)24-15-17(25)13-18(24)20(27)23-22(14-16(22)5-2)21(28)29-6-3;;/h4-5,13-16,21,23-24H,1-2,6-12,17-19H2,3H3,(H,30,34);4-5,16-18,25H,1-2,6-15H2,3H3,(H,23,27);;1H2/q;;+1;/p-1/t21-,23+,24+,29-;16-,17+,18+,22-;;/m11../s1. The maximum Gasteiger partial charge on any atom is 1.00 e. The molecule has 4 aliphatic rings. The molecule has 1 aromatic carbocycles. The van der Waals surface area contributed by atoms with Crippen molar-refractivity contribution in [3.8, 4) is 0 Å². The van der Waals surface area contributed by atoms with Gasteiger partial charge in [0.2, 0.25) is 23.6 Å². The van der Waals surface area contributed by atoms with E-state index < -0.39 is 70.0 Å². The molecule has 71 heavy (non-hydrogen) atoms. The summed E-state index contributed by atoms with van der Waals surface area (Å²) in [6, 6.07) is 3.27. The Bertz CT molecular complexity index is 2050. The Hall–Kier alpha value is -5.61. The SMILES string of the molecule is C=CCCCCCCC(=O)N1C[C@@H](O)C[C@H]1C(=O)N[C@]1(C(=O)OCC)C[C@H]1C=C.C=CCCCCCCC(=O)N1C[C@@H](OC(=O)c2ccc([N+](=O)[O-])cc2)C[C@H]1C(=O)N[C@]1(C(=O)OCC)C[C@H]1C=C.[Li+].[OH-]. The summed E-state index contributed by atoms with van der Waals surface area (Å²) in [5.74, 6) is -3.52. The molecule has 19 nitrogen and oxygen atoms in total. The van der Waals surface area contributed by atoms with Crippen molar-refractivity contribution < 1.29 is 82.1 Å². The van der Waals surface area contributed by atoms with Crippen LogP contribution in [0.3, 0.4) is 0 Å². The predicted molar refractivity (Wildman–Crippen MR) is 258 cm³/mol.